The summed E-state index contributed by atoms with van der Waals surface area (Å²) in [5.41, 5.74) is 2.14. The third-order valence-electron chi connectivity index (χ3n) is 3.41. The Bertz CT molecular complexity index is 683. The Kier molecular flexibility index (Phi) is 6.32. The lowest BCUT2D eigenvalue weighted by molar-refractivity contribution is -0.131. The normalized spacial score (nSPS) is 10.6. The van der Waals surface area contributed by atoms with Crippen molar-refractivity contribution in [3.8, 4) is 11.5 Å². The first-order chi connectivity index (χ1) is 11.6. The standard InChI is InChI=1S/C20H20O4/c1-3-15-7-5-9-17(13-15)23-19(21)11-12-20(22)24-18-10-6-8-16(4-2)14-18/h5-14H,3-4H2,1-2H3/b12-11+. The van der Waals surface area contributed by atoms with Crippen LogP contribution in [-0.2, 0) is 22.4 Å². The molecule has 4 heteroatoms. The lowest BCUT2D eigenvalue weighted by atomic mass is 10.2. The number of esters is 2. The molecule has 0 saturated heterocycles. The number of aryl methyl sites for hydroxylation is 2. The molecule has 0 unspecified atom stereocenters. The van der Waals surface area contributed by atoms with Gasteiger partial charge in [0.15, 0.2) is 0 Å². The lowest BCUT2D eigenvalue weighted by Gasteiger charge is -2.04. The molecule has 0 bridgehead atoms. The van der Waals surface area contributed by atoms with E-state index in [0.717, 1.165) is 36.1 Å². The molecule has 0 radical (unpaired) electrons. The van der Waals surface area contributed by atoms with Crippen molar-refractivity contribution >= 4 is 11.9 Å². The fourth-order valence-corrected chi connectivity index (χ4v) is 2.09. The van der Waals surface area contributed by atoms with E-state index in [0.29, 0.717) is 11.5 Å². The Labute approximate surface area is 141 Å². The second-order valence-corrected chi connectivity index (χ2v) is 5.18. The molecule has 0 aliphatic heterocycles. The minimum absolute atomic E-state index is 0.452. The van der Waals surface area contributed by atoms with Gasteiger partial charge in [-0.25, -0.2) is 9.59 Å². The van der Waals surface area contributed by atoms with E-state index in [-0.39, 0.29) is 0 Å². The van der Waals surface area contributed by atoms with Crippen molar-refractivity contribution in [1.29, 1.82) is 0 Å². The smallest absolute Gasteiger partial charge is 0.336 e. The molecule has 0 saturated carbocycles. The van der Waals surface area contributed by atoms with Gasteiger partial charge < -0.3 is 9.47 Å². The summed E-state index contributed by atoms with van der Waals surface area (Å²) in [5.74, 6) is -0.342. The van der Waals surface area contributed by atoms with Gasteiger partial charge in [-0.15, -0.1) is 0 Å². The molecule has 0 spiro atoms. The minimum atomic E-state index is -0.623. The third kappa shape index (κ3) is 5.39. The SMILES string of the molecule is CCc1cccc(OC(=O)/C=C/C(=O)Oc2cccc(CC)c2)c1. The van der Waals surface area contributed by atoms with Crippen LogP contribution in [0.5, 0.6) is 11.5 Å². The summed E-state index contributed by atoms with van der Waals surface area (Å²) >= 11 is 0. The molecule has 0 fully saturated rings. The molecule has 2 aromatic carbocycles. The van der Waals surface area contributed by atoms with Crippen LogP contribution in [0, 0.1) is 0 Å². The minimum Gasteiger partial charge on any atom is -0.423 e. The quantitative estimate of drug-likeness (QED) is 0.460. The molecule has 4 nitrogen and oxygen atoms in total. The van der Waals surface area contributed by atoms with Crippen LogP contribution in [0.1, 0.15) is 25.0 Å². The van der Waals surface area contributed by atoms with E-state index in [1.807, 2.05) is 38.1 Å². The van der Waals surface area contributed by atoms with Gasteiger partial charge in [0.25, 0.3) is 0 Å². The average molecular weight is 324 g/mol. The lowest BCUT2D eigenvalue weighted by Crippen LogP contribution is -2.08. The highest BCUT2D eigenvalue weighted by Gasteiger charge is 2.05. The molecule has 0 atom stereocenters. The van der Waals surface area contributed by atoms with Crippen LogP contribution in [0.25, 0.3) is 0 Å². The summed E-state index contributed by atoms with van der Waals surface area (Å²) < 4.78 is 10.3. The molecule has 0 N–H and O–H groups in total. The molecule has 0 aliphatic carbocycles. The molecule has 0 amide bonds. The van der Waals surface area contributed by atoms with E-state index in [1.165, 1.54) is 0 Å². The first-order valence-corrected chi connectivity index (χ1v) is 7.90. The van der Waals surface area contributed by atoms with Crippen molar-refractivity contribution in [2.24, 2.45) is 0 Å². The largest absolute Gasteiger partial charge is 0.423 e. The van der Waals surface area contributed by atoms with Crippen LogP contribution >= 0.6 is 0 Å². The van der Waals surface area contributed by atoms with E-state index in [1.54, 1.807) is 24.3 Å². The highest BCUT2D eigenvalue weighted by Crippen LogP contribution is 2.15. The summed E-state index contributed by atoms with van der Waals surface area (Å²) in [6.07, 6.45) is 3.82. The second kappa shape index (κ2) is 8.67. The maximum absolute atomic E-state index is 11.8. The van der Waals surface area contributed by atoms with E-state index in [9.17, 15) is 9.59 Å². The van der Waals surface area contributed by atoms with Gasteiger partial charge in [0.1, 0.15) is 11.5 Å². The number of carbonyl (C=O) groups is 2. The Hall–Kier alpha value is -2.88. The Morgan fingerprint density at radius 1 is 0.792 bits per heavy atom. The van der Waals surface area contributed by atoms with E-state index in [2.05, 4.69) is 0 Å². The maximum atomic E-state index is 11.8. The highest BCUT2D eigenvalue weighted by molar-refractivity contribution is 5.93. The fraction of sp³-hybridized carbons (Fsp3) is 0.200. The van der Waals surface area contributed by atoms with Gasteiger partial charge >= 0.3 is 11.9 Å². The zero-order valence-corrected chi connectivity index (χ0v) is 13.8. The van der Waals surface area contributed by atoms with Crippen molar-refractivity contribution in [1.82, 2.24) is 0 Å². The summed E-state index contributed by atoms with van der Waals surface area (Å²) in [7, 11) is 0. The van der Waals surface area contributed by atoms with Crippen molar-refractivity contribution in [2.45, 2.75) is 26.7 Å². The number of ether oxygens (including phenoxy) is 2. The Morgan fingerprint density at radius 3 is 1.58 bits per heavy atom. The Balaban J connectivity index is 1.91. The van der Waals surface area contributed by atoms with Gasteiger partial charge in [-0.1, -0.05) is 38.1 Å². The van der Waals surface area contributed by atoms with Crippen molar-refractivity contribution in [3.05, 3.63) is 71.8 Å². The molecule has 124 valence electrons. The van der Waals surface area contributed by atoms with Gasteiger partial charge in [0.2, 0.25) is 0 Å². The number of hydrogen-bond donors (Lipinski definition) is 0. The highest BCUT2D eigenvalue weighted by atomic mass is 16.5. The van der Waals surface area contributed by atoms with Gasteiger partial charge in [-0.2, -0.15) is 0 Å². The van der Waals surface area contributed by atoms with Crippen LogP contribution in [0.2, 0.25) is 0 Å². The second-order valence-electron chi connectivity index (χ2n) is 5.18. The zero-order chi connectivity index (χ0) is 17.4. The molecular formula is C20H20O4. The van der Waals surface area contributed by atoms with Gasteiger partial charge in [-0.05, 0) is 48.2 Å². The van der Waals surface area contributed by atoms with Crippen LogP contribution in [0.3, 0.4) is 0 Å². The molecule has 0 aliphatic rings. The van der Waals surface area contributed by atoms with Crippen molar-refractivity contribution < 1.29 is 19.1 Å². The maximum Gasteiger partial charge on any atom is 0.336 e. The average Bonchev–Trinajstić information content (AvgIpc) is 2.60. The van der Waals surface area contributed by atoms with Gasteiger partial charge in [-0.3, -0.25) is 0 Å². The summed E-state index contributed by atoms with van der Waals surface area (Å²) in [6.45, 7) is 4.04. The molecule has 0 aromatic heterocycles. The van der Waals surface area contributed by atoms with Crippen LogP contribution < -0.4 is 9.47 Å². The zero-order valence-electron chi connectivity index (χ0n) is 13.8. The van der Waals surface area contributed by atoms with E-state index in [4.69, 9.17) is 9.47 Å². The number of benzene rings is 2. The van der Waals surface area contributed by atoms with Crippen molar-refractivity contribution in [3.63, 3.8) is 0 Å². The molecule has 0 heterocycles. The Morgan fingerprint density at radius 2 is 1.21 bits per heavy atom. The van der Waals surface area contributed by atoms with Gasteiger partial charge in [0, 0.05) is 12.2 Å². The van der Waals surface area contributed by atoms with Crippen LogP contribution in [0.15, 0.2) is 60.7 Å². The van der Waals surface area contributed by atoms with E-state index < -0.39 is 11.9 Å². The van der Waals surface area contributed by atoms with E-state index >= 15 is 0 Å². The van der Waals surface area contributed by atoms with Crippen molar-refractivity contribution in [2.75, 3.05) is 0 Å². The molecule has 2 aromatic rings. The summed E-state index contributed by atoms with van der Waals surface area (Å²) in [6, 6.07) is 14.5. The third-order valence-corrected chi connectivity index (χ3v) is 3.41. The number of rotatable bonds is 6. The van der Waals surface area contributed by atoms with Gasteiger partial charge in [0.05, 0.1) is 0 Å². The predicted octanol–water partition coefficient (Wildman–Crippen LogP) is 3.88. The molecule has 24 heavy (non-hydrogen) atoms. The first kappa shape index (κ1) is 17.5. The molecule has 2 rings (SSSR count). The monoisotopic (exact) mass is 324 g/mol. The predicted molar refractivity (Wildman–Crippen MR) is 92.1 cm³/mol. The fourth-order valence-electron chi connectivity index (χ4n) is 2.09. The van der Waals surface area contributed by atoms with Crippen LogP contribution in [0.4, 0.5) is 0 Å². The summed E-state index contributed by atoms with van der Waals surface area (Å²) in [5, 5.41) is 0. The van der Waals surface area contributed by atoms with Crippen LogP contribution in [-0.4, -0.2) is 11.9 Å². The topological polar surface area (TPSA) is 52.6 Å². The summed E-state index contributed by atoms with van der Waals surface area (Å²) in [4.78, 5) is 23.5. The number of hydrogen-bond acceptors (Lipinski definition) is 4. The molecular weight excluding hydrogens is 304 g/mol. The first-order valence-electron chi connectivity index (χ1n) is 7.90. The number of carbonyl (C=O) groups excluding carboxylic acids is 2.